The standard InChI is InChI=1S/C4H2.H2O/c1-3-4-2;/h1-2H;1H2. The first kappa shape index (κ1) is 8.95. The molecule has 1 nitrogen and oxygen atoms in total. The summed E-state index contributed by atoms with van der Waals surface area (Å²) in [5.41, 5.74) is 0. The molecule has 2 N–H and O–H groups in total. The minimum atomic E-state index is 0. The number of hydrogen-bond acceptors (Lipinski definition) is 0. The van der Waals surface area contributed by atoms with Gasteiger partial charge in [0.05, 0.1) is 0 Å². The maximum Gasteiger partial charge on any atom is -0.0191 e. The molecule has 0 amide bonds. The SMILES string of the molecule is C#CC#C.O. The topological polar surface area (TPSA) is 31.5 Å². The Balaban J connectivity index is 0. The Kier molecular flexibility index (Phi) is 20.4. The fourth-order valence-corrected chi connectivity index (χ4v) is 0. The quantitative estimate of drug-likeness (QED) is 0.340. The van der Waals surface area contributed by atoms with Crippen LogP contribution in [0.25, 0.3) is 0 Å². The predicted molar refractivity (Wildman–Crippen MR) is 21.3 cm³/mol. The second-order valence-corrected chi connectivity index (χ2v) is 0.289. The molecule has 5 heavy (non-hydrogen) atoms. The van der Waals surface area contributed by atoms with E-state index in [1.54, 1.807) is 0 Å². The van der Waals surface area contributed by atoms with E-state index in [1.165, 1.54) is 0 Å². The van der Waals surface area contributed by atoms with Gasteiger partial charge in [-0.05, 0) is 11.8 Å². The summed E-state index contributed by atoms with van der Waals surface area (Å²) < 4.78 is 0. The third-order valence-corrected chi connectivity index (χ3v) is 0.0833. The Morgan fingerprint density at radius 1 is 1.00 bits per heavy atom. The van der Waals surface area contributed by atoms with E-state index < -0.39 is 0 Å². The fourth-order valence-electron chi connectivity index (χ4n) is 0. The summed E-state index contributed by atoms with van der Waals surface area (Å²) in [5, 5.41) is 0. The smallest absolute Gasteiger partial charge is 0.0191 e. The zero-order chi connectivity index (χ0) is 3.41. The summed E-state index contributed by atoms with van der Waals surface area (Å²) in [6.45, 7) is 0. The molecule has 0 aliphatic rings. The van der Waals surface area contributed by atoms with Crippen molar-refractivity contribution in [1.29, 1.82) is 0 Å². The van der Waals surface area contributed by atoms with Crippen molar-refractivity contribution in [1.82, 2.24) is 0 Å². The van der Waals surface area contributed by atoms with Crippen LogP contribution in [0.5, 0.6) is 0 Å². The van der Waals surface area contributed by atoms with Crippen LogP contribution in [0, 0.1) is 24.7 Å². The number of hydrogen-bond donors (Lipinski definition) is 0. The average Bonchev–Trinajstić information content (AvgIpc) is 1.37. The second-order valence-electron chi connectivity index (χ2n) is 0.289. The average molecular weight is 68.1 g/mol. The predicted octanol–water partition coefficient (Wildman–Crippen LogP) is -0.572. The van der Waals surface area contributed by atoms with Crippen LogP contribution < -0.4 is 0 Å². The van der Waals surface area contributed by atoms with Gasteiger partial charge in [-0.25, -0.2) is 0 Å². The van der Waals surface area contributed by atoms with Crippen molar-refractivity contribution in [3.8, 4) is 24.7 Å². The van der Waals surface area contributed by atoms with Crippen LogP contribution >= 0.6 is 0 Å². The van der Waals surface area contributed by atoms with Gasteiger partial charge in [-0.1, -0.05) is 0 Å². The van der Waals surface area contributed by atoms with Crippen LogP contribution in [0.3, 0.4) is 0 Å². The van der Waals surface area contributed by atoms with E-state index in [1.807, 2.05) is 11.8 Å². The molecule has 0 spiro atoms. The zero-order valence-electron chi connectivity index (χ0n) is 2.65. The molecule has 0 aromatic heterocycles. The lowest BCUT2D eigenvalue weighted by molar-refractivity contribution is 0.824. The Morgan fingerprint density at radius 3 is 1.20 bits per heavy atom. The third kappa shape index (κ3) is 561. The van der Waals surface area contributed by atoms with E-state index in [9.17, 15) is 0 Å². The molecule has 0 unspecified atom stereocenters. The van der Waals surface area contributed by atoms with Gasteiger partial charge in [0.15, 0.2) is 0 Å². The summed E-state index contributed by atoms with van der Waals surface area (Å²) in [7, 11) is 0. The first-order valence-corrected chi connectivity index (χ1v) is 0.827. The van der Waals surface area contributed by atoms with E-state index in [0.29, 0.717) is 0 Å². The lowest BCUT2D eigenvalue weighted by atomic mass is 10.7. The van der Waals surface area contributed by atoms with Crippen molar-refractivity contribution >= 4 is 0 Å². The molecule has 0 fully saturated rings. The van der Waals surface area contributed by atoms with Crippen molar-refractivity contribution in [2.45, 2.75) is 0 Å². The lowest BCUT2D eigenvalue weighted by Gasteiger charge is -1.30. The molecule has 0 aliphatic carbocycles. The maximum atomic E-state index is 4.54. The molecule has 0 atom stereocenters. The summed E-state index contributed by atoms with van der Waals surface area (Å²) in [5.74, 6) is 3.92. The van der Waals surface area contributed by atoms with E-state index >= 15 is 0 Å². The van der Waals surface area contributed by atoms with Crippen molar-refractivity contribution < 1.29 is 5.48 Å². The molecule has 0 aromatic carbocycles. The summed E-state index contributed by atoms with van der Waals surface area (Å²) in [6, 6.07) is 0. The van der Waals surface area contributed by atoms with Gasteiger partial charge in [-0.3, -0.25) is 0 Å². The van der Waals surface area contributed by atoms with Gasteiger partial charge in [-0.15, -0.1) is 12.8 Å². The Hall–Kier alpha value is -0.920. The Morgan fingerprint density at radius 2 is 1.20 bits per heavy atom. The first-order chi connectivity index (χ1) is 1.91. The molecule has 0 aromatic rings. The van der Waals surface area contributed by atoms with Crippen molar-refractivity contribution in [2.24, 2.45) is 0 Å². The molecular weight excluding hydrogens is 64.0 g/mol. The summed E-state index contributed by atoms with van der Waals surface area (Å²) >= 11 is 0. The molecule has 1 heteroatoms. The van der Waals surface area contributed by atoms with Gasteiger partial charge in [0.25, 0.3) is 0 Å². The number of rotatable bonds is 0. The van der Waals surface area contributed by atoms with Crippen molar-refractivity contribution in [3.63, 3.8) is 0 Å². The van der Waals surface area contributed by atoms with Crippen LogP contribution in [0.15, 0.2) is 0 Å². The molecule has 0 bridgehead atoms. The zero-order valence-corrected chi connectivity index (χ0v) is 2.65. The fraction of sp³-hybridized carbons (Fsp3) is 0. The largest absolute Gasteiger partial charge is 0.412 e. The Bertz CT molecular complexity index is 58.6. The normalized spacial score (nSPS) is 2.00. The van der Waals surface area contributed by atoms with Crippen LogP contribution in [-0.2, 0) is 0 Å². The monoisotopic (exact) mass is 68.0 g/mol. The molecule has 26 valence electrons. The highest BCUT2D eigenvalue weighted by Gasteiger charge is 1.23. The van der Waals surface area contributed by atoms with Crippen molar-refractivity contribution in [3.05, 3.63) is 0 Å². The van der Waals surface area contributed by atoms with E-state index in [0.717, 1.165) is 0 Å². The van der Waals surface area contributed by atoms with Crippen LogP contribution in [0.4, 0.5) is 0 Å². The summed E-state index contributed by atoms with van der Waals surface area (Å²) in [6.07, 6.45) is 9.08. The minimum absolute atomic E-state index is 0. The van der Waals surface area contributed by atoms with E-state index in [2.05, 4.69) is 12.8 Å². The highest BCUT2D eigenvalue weighted by atomic mass is 16.0. The molecule has 0 heterocycles. The third-order valence-electron chi connectivity index (χ3n) is 0.0833. The lowest BCUT2D eigenvalue weighted by Crippen LogP contribution is -1.26. The summed E-state index contributed by atoms with van der Waals surface area (Å²) in [4.78, 5) is 0. The van der Waals surface area contributed by atoms with E-state index in [4.69, 9.17) is 0 Å². The molecule has 0 saturated heterocycles. The van der Waals surface area contributed by atoms with Crippen molar-refractivity contribution in [2.75, 3.05) is 0 Å². The number of terminal acetylenes is 2. The highest BCUT2D eigenvalue weighted by Crippen LogP contribution is 1.27. The van der Waals surface area contributed by atoms with Gasteiger partial charge in [-0.2, -0.15) is 0 Å². The van der Waals surface area contributed by atoms with Gasteiger partial charge < -0.3 is 5.48 Å². The van der Waals surface area contributed by atoms with E-state index in [-0.39, 0.29) is 5.48 Å². The maximum absolute atomic E-state index is 4.54. The van der Waals surface area contributed by atoms with Crippen LogP contribution in [-0.4, -0.2) is 5.48 Å². The molecule has 0 saturated carbocycles. The molecule has 0 aliphatic heterocycles. The first-order valence-electron chi connectivity index (χ1n) is 0.827. The van der Waals surface area contributed by atoms with Gasteiger partial charge in [0.1, 0.15) is 0 Å². The minimum Gasteiger partial charge on any atom is -0.412 e. The van der Waals surface area contributed by atoms with Crippen LogP contribution in [0.2, 0.25) is 0 Å². The van der Waals surface area contributed by atoms with Gasteiger partial charge in [0.2, 0.25) is 0 Å². The second kappa shape index (κ2) is 11.4. The molecular formula is C4H4O. The Labute approximate surface area is 31.3 Å². The molecule has 0 radical (unpaired) electrons. The van der Waals surface area contributed by atoms with Gasteiger partial charge >= 0.3 is 0 Å². The molecule has 0 rings (SSSR count). The van der Waals surface area contributed by atoms with Crippen LogP contribution in [0.1, 0.15) is 0 Å². The highest BCUT2D eigenvalue weighted by molar-refractivity contribution is 5.15. The van der Waals surface area contributed by atoms with Gasteiger partial charge in [0, 0.05) is 0 Å².